The van der Waals surface area contributed by atoms with Crippen LogP contribution in [-0.2, 0) is 5.60 Å². The second-order valence-electron chi connectivity index (χ2n) is 6.89. The Morgan fingerprint density at radius 1 is 0.692 bits per heavy atom. The first-order chi connectivity index (χ1) is 12.6. The summed E-state index contributed by atoms with van der Waals surface area (Å²) in [5.41, 5.74) is 3.01. The lowest BCUT2D eigenvalue weighted by Crippen LogP contribution is -2.35. The number of benzene rings is 3. The first-order valence-electron chi connectivity index (χ1n) is 8.95. The van der Waals surface area contributed by atoms with E-state index in [4.69, 9.17) is 0 Å². The molecule has 0 aliphatic heterocycles. The van der Waals surface area contributed by atoms with Crippen LogP contribution in [0.2, 0.25) is 0 Å². The molecule has 2 nitrogen and oxygen atoms in total. The lowest BCUT2D eigenvalue weighted by Gasteiger charge is -2.33. The summed E-state index contributed by atoms with van der Waals surface area (Å²) in [6.45, 7) is 1.91. The minimum Gasteiger partial charge on any atom is -0.388 e. The van der Waals surface area contributed by atoms with E-state index in [0.717, 1.165) is 27.8 Å². The molecule has 1 aliphatic rings. The standard InChI is InChI=1S/C24H22O2/c1-17-23(25)21(18-11-5-2-6-12-18)22(19-13-7-3-8-14-19)24(17,26)20-15-9-4-10-16-20/h2-17,23,25-26H,1H3/t17-,23-,24+/m0/s1. The highest BCUT2D eigenvalue weighted by Gasteiger charge is 2.51. The summed E-state index contributed by atoms with van der Waals surface area (Å²) in [5, 5.41) is 23.1. The van der Waals surface area contributed by atoms with Gasteiger partial charge < -0.3 is 10.2 Å². The predicted octanol–water partition coefficient (Wildman–Crippen LogP) is 4.50. The SMILES string of the molecule is C[C@H]1[C@H](O)C(c2ccccc2)=C(c2ccccc2)[C@]1(O)c1ccccc1. The van der Waals surface area contributed by atoms with Gasteiger partial charge in [-0.15, -0.1) is 0 Å². The van der Waals surface area contributed by atoms with E-state index in [0.29, 0.717) is 0 Å². The molecule has 0 unspecified atom stereocenters. The van der Waals surface area contributed by atoms with Crippen LogP contribution in [0.25, 0.3) is 11.1 Å². The molecule has 4 rings (SSSR count). The first kappa shape index (κ1) is 16.8. The molecule has 0 radical (unpaired) electrons. The molecule has 0 saturated carbocycles. The molecule has 0 heterocycles. The van der Waals surface area contributed by atoms with Gasteiger partial charge >= 0.3 is 0 Å². The number of aliphatic hydroxyl groups is 2. The second-order valence-corrected chi connectivity index (χ2v) is 6.89. The van der Waals surface area contributed by atoms with Gasteiger partial charge in [-0.25, -0.2) is 0 Å². The van der Waals surface area contributed by atoms with Gasteiger partial charge in [-0.2, -0.15) is 0 Å². The lowest BCUT2D eigenvalue weighted by molar-refractivity contribution is 0.00756. The van der Waals surface area contributed by atoms with E-state index in [9.17, 15) is 10.2 Å². The molecule has 0 aromatic heterocycles. The van der Waals surface area contributed by atoms with E-state index >= 15 is 0 Å². The Morgan fingerprint density at radius 2 is 1.15 bits per heavy atom. The molecule has 0 fully saturated rings. The zero-order valence-electron chi connectivity index (χ0n) is 14.7. The normalized spacial score (nSPS) is 25.5. The van der Waals surface area contributed by atoms with E-state index in [2.05, 4.69) is 0 Å². The minimum atomic E-state index is -1.26. The van der Waals surface area contributed by atoms with Gasteiger partial charge in [0.1, 0.15) is 5.60 Å². The lowest BCUT2D eigenvalue weighted by atomic mass is 9.78. The van der Waals surface area contributed by atoms with Crippen molar-refractivity contribution in [3.05, 3.63) is 108 Å². The van der Waals surface area contributed by atoms with Gasteiger partial charge in [0.25, 0.3) is 0 Å². The van der Waals surface area contributed by atoms with Gasteiger partial charge in [0.05, 0.1) is 6.10 Å². The van der Waals surface area contributed by atoms with Crippen molar-refractivity contribution in [2.45, 2.75) is 18.6 Å². The molecule has 2 heteroatoms. The molecule has 130 valence electrons. The molecule has 0 saturated heterocycles. The number of hydrogen-bond donors (Lipinski definition) is 2. The summed E-state index contributed by atoms with van der Waals surface area (Å²) in [5.74, 6) is -0.365. The molecule has 3 atom stereocenters. The zero-order valence-corrected chi connectivity index (χ0v) is 14.7. The smallest absolute Gasteiger partial charge is 0.121 e. The van der Waals surface area contributed by atoms with Crippen LogP contribution in [0.5, 0.6) is 0 Å². The van der Waals surface area contributed by atoms with E-state index in [-0.39, 0.29) is 5.92 Å². The molecule has 2 N–H and O–H groups in total. The first-order valence-corrected chi connectivity index (χ1v) is 8.95. The Hall–Kier alpha value is -2.68. The fourth-order valence-electron chi connectivity index (χ4n) is 4.07. The summed E-state index contributed by atoms with van der Waals surface area (Å²) in [4.78, 5) is 0. The second kappa shape index (κ2) is 6.56. The minimum absolute atomic E-state index is 0.365. The third kappa shape index (κ3) is 2.50. The predicted molar refractivity (Wildman–Crippen MR) is 105 cm³/mol. The molecule has 0 spiro atoms. The van der Waals surface area contributed by atoms with Crippen molar-refractivity contribution in [2.75, 3.05) is 0 Å². The largest absolute Gasteiger partial charge is 0.388 e. The van der Waals surface area contributed by atoms with Crippen LogP contribution in [0.3, 0.4) is 0 Å². The van der Waals surface area contributed by atoms with Crippen molar-refractivity contribution < 1.29 is 10.2 Å². The van der Waals surface area contributed by atoms with Crippen molar-refractivity contribution in [3.8, 4) is 0 Å². The maximum Gasteiger partial charge on any atom is 0.121 e. The van der Waals surface area contributed by atoms with Crippen LogP contribution in [0, 0.1) is 5.92 Å². The summed E-state index contributed by atoms with van der Waals surface area (Å²) in [6.07, 6.45) is -0.752. The van der Waals surface area contributed by atoms with Gasteiger partial charge in [0.15, 0.2) is 0 Å². The van der Waals surface area contributed by atoms with Crippen LogP contribution in [0.15, 0.2) is 91.0 Å². The monoisotopic (exact) mass is 342 g/mol. The summed E-state index contributed by atoms with van der Waals surface area (Å²) in [6, 6.07) is 29.4. The van der Waals surface area contributed by atoms with Crippen molar-refractivity contribution in [1.29, 1.82) is 0 Å². The molecule has 0 amide bonds. The highest BCUT2D eigenvalue weighted by molar-refractivity contribution is 5.99. The van der Waals surface area contributed by atoms with Crippen LogP contribution in [0.1, 0.15) is 23.6 Å². The van der Waals surface area contributed by atoms with E-state index in [1.807, 2.05) is 97.9 Å². The van der Waals surface area contributed by atoms with Gasteiger partial charge in [0.2, 0.25) is 0 Å². The fourth-order valence-corrected chi connectivity index (χ4v) is 4.07. The Morgan fingerprint density at radius 3 is 1.69 bits per heavy atom. The zero-order chi connectivity index (χ0) is 18.1. The number of aliphatic hydroxyl groups excluding tert-OH is 1. The third-order valence-corrected chi connectivity index (χ3v) is 5.44. The van der Waals surface area contributed by atoms with E-state index in [1.165, 1.54) is 0 Å². The van der Waals surface area contributed by atoms with Crippen LogP contribution in [-0.4, -0.2) is 16.3 Å². The molecule has 26 heavy (non-hydrogen) atoms. The molecular formula is C24H22O2. The van der Waals surface area contributed by atoms with Crippen LogP contribution >= 0.6 is 0 Å². The molecule has 3 aromatic rings. The Labute approximate surface area is 154 Å². The molecule has 3 aromatic carbocycles. The topological polar surface area (TPSA) is 40.5 Å². The van der Waals surface area contributed by atoms with Crippen LogP contribution in [0.4, 0.5) is 0 Å². The third-order valence-electron chi connectivity index (χ3n) is 5.44. The van der Waals surface area contributed by atoms with Gasteiger partial charge in [-0.05, 0) is 22.3 Å². The summed E-state index contributed by atoms with van der Waals surface area (Å²) in [7, 11) is 0. The fraction of sp³-hybridized carbons (Fsp3) is 0.167. The molecule has 0 bridgehead atoms. The highest BCUT2D eigenvalue weighted by atomic mass is 16.3. The van der Waals surface area contributed by atoms with Crippen LogP contribution < -0.4 is 0 Å². The quantitative estimate of drug-likeness (QED) is 0.736. The van der Waals surface area contributed by atoms with Crippen molar-refractivity contribution >= 4 is 11.1 Å². The maximum atomic E-state index is 11.9. The summed E-state index contributed by atoms with van der Waals surface area (Å²) < 4.78 is 0. The van der Waals surface area contributed by atoms with Gasteiger partial charge in [-0.3, -0.25) is 0 Å². The van der Waals surface area contributed by atoms with E-state index < -0.39 is 11.7 Å². The molecule has 1 aliphatic carbocycles. The number of rotatable bonds is 3. The van der Waals surface area contributed by atoms with Crippen molar-refractivity contribution in [2.24, 2.45) is 5.92 Å². The Kier molecular flexibility index (Phi) is 4.23. The average Bonchev–Trinajstić information content (AvgIpc) is 2.92. The Bertz CT molecular complexity index is 916. The highest BCUT2D eigenvalue weighted by Crippen LogP contribution is 2.54. The maximum absolute atomic E-state index is 11.9. The van der Waals surface area contributed by atoms with Crippen molar-refractivity contribution in [1.82, 2.24) is 0 Å². The van der Waals surface area contributed by atoms with E-state index in [1.54, 1.807) is 0 Å². The Balaban J connectivity index is 2.04. The summed E-state index contributed by atoms with van der Waals surface area (Å²) >= 11 is 0. The average molecular weight is 342 g/mol. The van der Waals surface area contributed by atoms with Crippen molar-refractivity contribution in [3.63, 3.8) is 0 Å². The number of hydrogen-bond acceptors (Lipinski definition) is 2. The van der Waals surface area contributed by atoms with Gasteiger partial charge in [-0.1, -0.05) is 97.9 Å². The molecular weight excluding hydrogens is 320 g/mol. The van der Waals surface area contributed by atoms with Gasteiger partial charge in [0, 0.05) is 11.5 Å².